The number of aromatic nitrogens is 2. The maximum atomic E-state index is 11.9. The summed E-state index contributed by atoms with van der Waals surface area (Å²) in [6.45, 7) is 2.47. The lowest BCUT2D eigenvalue weighted by atomic mass is 10.3. The van der Waals surface area contributed by atoms with Gasteiger partial charge in [0.2, 0.25) is 0 Å². The zero-order chi connectivity index (χ0) is 16.9. The summed E-state index contributed by atoms with van der Waals surface area (Å²) >= 11 is 1.61. The van der Waals surface area contributed by atoms with Crippen molar-refractivity contribution in [1.82, 2.24) is 9.78 Å². The highest BCUT2D eigenvalue weighted by Crippen LogP contribution is 2.24. The average molecular weight is 346 g/mol. The van der Waals surface area contributed by atoms with Crippen LogP contribution in [0.1, 0.15) is 10.6 Å². The van der Waals surface area contributed by atoms with E-state index >= 15 is 0 Å². The van der Waals surface area contributed by atoms with Gasteiger partial charge in [-0.2, -0.15) is 5.10 Å². The Balaban J connectivity index is 1.62. The molecular weight excluding hydrogens is 328 g/mol. The molecule has 0 fully saturated rings. The number of hydrogen-bond donors (Lipinski definition) is 1. The quantitative estimate of drug-likeness (QED) is 0.711. The van der Waals surface area contributed by atoms with Crippen molar-refractivity contribution in [3.05, 3.63) is 63.7 Å². The van der Waals surface area contributed by atoms with Gasteiger partial charge in [-0.3, -0.25) is 4.79 Å². The second-order valence-corrected chi connectivity index (χ2v) is 6.69. The predicted octanol–water partition coefficient (Wildman–Crippen LogP) is 2.45. The number of aryl methyl sites for hydroxylation is 1. The van der Waals surface area contributed by atoms with E-state index in [4.69, 9.17) is 9.15 Å². The normalized spacial score (nSPS) is 12.4. The maximum Gasteiger partial charge on any atom is 0.266 e. The van der Waals surface area contributed by atoms with Gasteiger partial charge in [0, 0.05) is 10.9 Å². The highest BCUT2D eigenvalue weighted by atomic mass is 32.1. The van der Waals surface area contributed by atoms with Crippen LogP contribution < -0.4 is 5.56 Å². The van der Waals surface area contributed by atoms with Crippen LogP contribution in [0.25, 0.3) is 10.6 Å². The lowest BCUT2D eigenvalue weighted by Crippen LogP contribution is -2.30. The molecule has 0 amide bonds. The van der Waals surface area contributed by atoms with Gasteiger partial charge in [-0.15, -0.1) is 11.3 Å². The standard InChI is InChI=1S/C17H18N2O4S/c1-12-4-6-16(24-12)15-5-7-17(21)19(18-15)9-13(20)10-22-11-14-3-2-8-23-14/h2-8,13,20H,9-11H2,1H3. The van der Waals surface area contributed by atoms with E-state index in [1.807, 2.05) is 19.1 Å². The summed E-state index contributed by atoms with van der Waals surface area (Å²) in [5, 5.41) is 14.4. The van der Waals surface area contributed by atoms with Crippen LogP contribution in [0.2, 0.25) is 0 Å². The van der Waals surface area contributed by atoms with Crippen molar-refractivity contribution in [3.63, 3.8) is 0 Å². The van der Waals surface area contributed by atoms with Gasteiger partial charge in [0.15, 0.2) is 0 Å². The molecule has 3 rings (SSSR count). The van der Waals surface area contributed by atoms with Crippen molar-refractivity contribution in [1.29, 1.82) is 0 Å². The third-order valence-corrected chi connectivity index (χ3v) is 4.40. The molecule has 126 valence electrons. The van der Waals surface area contributed by atoms with Gasteiger partial charge < -0.3 is 14.3 Å². The van der Waals surface area contributed by atoms with Crippen LogP contribution >= 0.6 is 11.3 Å². The molecule has 0 aliphatic rings. The van der Waals surface area contributed by atoms with E-state index in [1.54, 1.807) is 35.8 Å². The highest BCUT2D eigenvalue weighted by molar-refractivity contribution is 7.15. The summed E-state index contributed by atoms with van der Waals surface area (Å²) in [6.07, 6.45) is 0.738. The van der Waals surface area contributed by atoms with Crippen LogP contribution in [-0.2, 0) is 17.9 Å². The summed E-state index contributed by atoms with van der Waals surface area (Å²) in [5.41, 5.74) is 0.466. The SMILES string of the molecule is Cc1ccc(-c2ccc(=O)n(CC(O)COCc3ccco3)n2)s1. The number of nitrogens with zero attached hydrogens (tertiary/aromatic N) is 2. The summed E-state index contributed by atoms with van der Waals surface area (Å²) in [6, 6.07) is 10.7. The lowest BCUT2D eigenvalue weighted by Gasteiger charge is -2.12. The van der Waals surface area contributed by atoms with Gasteiger partial charge in [-0.25, -0.2) is 4.68 Å². The molecule has 3 aromatic heterocycles. The summed E-state index contributed by atoms with van der Waals surface area (Å²) in [4.78, 5) is 14.1. The van der Waals surface area contributed by atoms with Crippen LogP contribution in [0.4, 0.5) is 0 Å². The first-order valence-electron chi connectivity index (χ1n) is 7.55. The zero-order valence-corrected chi connectivity index (χ0v) is 14.0. The van der Waals surface area contributed by atoms with Gasteiger partial charge in [0.05, 0.1) is 30.4 Å². The molecule has 0 saturated carbocycles. The zero-order valence-electron chi connectivity index (χ0n) is 13.2. The van der Waals surface area contributed by atoms with Crippen molar-refractivity contribution in [3.8, 4) is 10.6 Å². The van der Waals surface area contributed by atoms with Gasteiger partial charge in [0.25, 0.3) is 5.56 Å². The molecular formula is C17H18N2O4S. The fraction of sp³-hybridized carbons (Fsp3) is 0.294. The Bertz CT molecular complexity index is 838. The van der Waals surface area contributed by atoms with E-state index in [2.05, 4.69) is 5.10 Å². The molecule has 0 aromatic carbocycles. The number of aliphatic hydroxyl groups excluding tert-OH is 1. The average Bonchev–Trinajstić information content (AvgIpc) is 3.21. The molecule has 3 heterocycles. The number of thiophene rings is 1. The van der Waals surface area contributed by atoms with Crippen LogP contribution in [0.5, 0.6) is 0 Å². The molecule has 6 nitrogen and oxygen atoms in total. The van der Waals surface area contributed by atoms with Gasteiger partial charge in [0.1, 0.15) is 18.1 Å². The van der Waals surface area contributed by atoms with Crippen molar-refractivity contribution in [2.45, 2.75) is 26.2 Å². The molecule has 1 atom stereocenters. The third-order valence-electron chi connectivity index (χ3n) is 3.38. The molecule has 0 bridgehead atoms. The first-order chi connectivity index (χ1) is 11.6. The Kier molecular flexibility index (Phi) is 5.24. The van der Waals surface area contributed by atoms with Gasteiger partial charge in [-0.05, 0) is 37.3 Å². The molecule has 0 spiro atoms. The number of hydrogen-bond acceptors (Lipinski definition) is 6. The van der Waals surface area contributed by atoms with E-state index in [0.717, 1.165) is 10.6 Å². The Morgan fingerprint density at radius 2 is 2.21 bits per heavy atom. The van der Waals surface area contributed by atoms with E-state index in [9.17, 15) is 9.90 Å². The molecule has 24 heavy (non-hydrogen) atoms. The van der Waals surface area contributed by atoms with Gasteiger partial charge in [-0.1, -0.05) is 0 Å². The number of furan rings is 1. The first kappa shape index (κ1) is 16.6. The smallest absolute Gasteiger partial charge is 0.266 e. The van der Waals surface area contributed by atoms with Gasteiger partial charge >= 0.3 is 0 Å². The molecule has 3 aromatic rings. The third kappa shape index (κ3) is 4.19. The molecule has 1 unspecified atom stereocenters. The molecule has 0 saturated heterocycles. The summed E-state index contributed by atoms with van der Waals surface area (Å²) in [7, 11) is 0. The predicted molar refractivity (Wildman–Crippen MR) is 90.9 cm³/mol. The summed E-state index contributed by atoms with van der Waals surface area (Å²) in [5.74, 6) is 0.688. The fourth-order valence-electron chi connectivity index (χ4n) is 2.23. The second kappa shape index (κ2) is 7.57. The largest absolute Gasteiger partial charge is 0.467 e. The number of aliphatic hydroxyl groups is 1. The molecule has 0 aliphatic carbocycles. The molecule has 7 heteroatoms. The minimum absolute atomic E-state index is 0.0786. The van der Waals surface area contributed by atoms with Crippen LogP contribution in [0, 0.1) is 6.92 Å². The van der Waals surface area contributed by atoms with Crippen molar-refractivity contribution < 1.29 is 14.3 Å². The number of rotatable bonds is 7. The van der Waals surface area contributed by atoms with Crippen LogP contribution in [0.15, 0.2) is 51.9 Å². The molecule has 1 N–H and O–H groups in total. The number of ether oxygens (including phenoxy) is 1. The lowest BCUT2D eigenvalue weighted by molar-refractivity contribution is 0.0125. The molecule has 0 radical (unpaired) electrons. The Labute approximate surface area is 142 Å². The maximum absolute atomic E-state index is 11.9. The minimum atomic E-state index is -0.828. The fourth-order valence-corrected chi connectivity index (χ4v) is 3.06. The second-order valence-electron chi connectivity index (χ2n) is 5.40. The Morgan fingerprint density at radius 1 is 1.33 bits per heavy atom. The van der Waals surface area contributed by atoms with E-state index < -0.39 is 6.10 Å². The Hall–Kier alpha value is -2.22. The topological polar surface area (TPSA) is 77.5 Å². The van der Waals surface area contributed by atoms with E-state index in [-0.39, 0.29) is 25.3 Å². The first-order valence-corrected chi connectivity index (χ1v) is 8.36. The molecule has 0 aliphatic heterocycles. The monoisotopic (exact) mass is 346 g/mol. The van der Waals surface area contributed by atoms with E-state index in [1.165, 1.54) is 15.6 Å². The van der Waals surface area contributed by atoms with Crippen molar-refractivity contribution in [2.75, 3.05) is 6.61 Å². The van der Waals surface area contributed by atoms with Crippen molar-refractivity contribution in [2.24, 2.45) is 0 Å². The highest BCUT2D eigenvalue weighted by Gasteiger charge is 2.11. The van der Waals surface area contributed by atoms with Crippen LogP contribution in [0.3, 0.4) is 0 Å². The Morgan fingerprint density at radius 3 is 2.92 bits per heavy atom. The van der Waals surface area contributed by atoms with Crippen LogP contribution in [-0.4, -0.2) is 27.6 Å². The van der Waals surface area contributed by atoms with Crippen molar-refractivity contribution >= 4 is 11.3 Å². The van der Waals surface area contributed by atoms with E-state index in [0.29, 0.717) is 5.76 Å². The minimum Gasteiger partial charge on any atom is -0.467 e. The summed E-state index contributed by atoms with van der Waals surface area (Å²) < 4.78 is 11.8.